The number of benzene rings is 1. The third-order valence-electron chi connectivity index (χ3n) is 3.21. The molecule has 2 heterocycles. The van der Waals surface area contributed by atoms with Crippen LogP contribution >= 0.6 is 27.3 Å². The molecule has 0 spiro atoms. The van der Waals surface area contributed by atoms with Crippen molar-refractivity contribution < 1.29 is 0 Å². The summed E-state index contributed by atoms with van der Waals surface area (Å²) in [6.07, 6.45) is 0.729. The van der Waals surface area contributed by atoms with E-state index in [0.29, 0.717) is 0 Å². The highest BCUT2D eigenvalue weighted by Crippen LogP contribution is 2.29. The van der Waals surface area contributed by atoms with Crippen molar-refractivity contribution >= 4 is 43.3 Å². The average molecular weight is 362 g/mol. The molecule has 1 N–H and O–H groups in total. The fourth-order valence-corrected chi connectivity index (χ4v) is 3.60. The van der Waals surface area contributed by atoms with E-state index in [2.05, 4.69) is 47.2 Å². The minimum atomic E-state index is 0.729. The van der Waals surface area contributed by atoms with Gasteiger partial charge in [-0.3, -0.25) is 0 Å². The van der Waals surface area contributed by atoms with E-state index in [9.17, 15) is 0 Å². The number of hydrogen-bond acceptors (Lipinski definition) is 4. The Morgan fingerprint density at radius 3 is 2.81 bits per heavy atom. The van der Waals surface area contributed by atoms with Crippen LogP contribution in [0.25, 0.3) is 10.2 Å². The third kappa shape index (κ3) is 3.09. The molecular weight excluding hydrogens is 346 g/mol. The van der Waals surface area contributed by atoms with Gasteiger partial charge in [-0.15, -0.1) is 11.3 Å². The van der Waals surface area contributed by atoms with Crippen LogP contribution in [0.1, 0.15) is 23.2 Å². The van der Waals surface area contributed by atoms with Gasteiger partial charge in [0.15, 0.2) is 0 Å². The third-order valence-corrected chi connectivity index (χ3v) is 4.93. The number of aryl methyl sites for hydroxylation is 1. The number of aromatic nitrogens is 2. The molecule has 0 bridgehead atoms. The lowest BCUT2D eigenvalue weighted by Gasteiger charge is -2.08. The minimum Gasteiger partial charge on any atom is -0.370 e. The monoisotopic (exact) mass is 361 g/mol. The van der Waals surface area contributed by atoms with Gasteiger partial charge in [-0.1, -0.05) is 34.1 Å². The quantitative estimate of drug-likeness (QED) is 0.726. The molecule has 21 heavy (non-hydrogen) atoms. The standard InChI is InChI=1S/C16H16BrN3S/c1-3-18-15-12-8-10(2)21-16(12)20-14(19-15)9-11-6-4-5-7-13(11)17/h4-8H,3,9H2,1-2H3,(H,18,19,20). The summed E-state index contributed by atoms with van der Waals surface area (Å²) >= 11 is 5.31. The predicted molar refractivity (Wildman–Crippen MR) is 93.3 cm³/mol. The van der Waals surface area contributed by atoms with Crippen molar-refractivity contribution in [3.8, 4) is 0 Å². The minimum absolute atomic E-state index is 0.729. The normalized spacial score (nSPS) is 11.0. The van der Waals surface area contributed by atoms with Crippen molar-refractivity contribution in [3.05, 3.63) is 51.1 Å². The smallest absolute Gasteiger partial charge is 0.138 e. The van der Waals surface area contributed by atoms with Crippen LogP contribution in [-0.4, -0.2) is 16.5 Å². The Hall–Kier alpha value is -1.46. The van der Waals surface area contributed by atoms with Crippen molar-refractivity contribution in [3.63, 3.8) is 0 Å². The largest absolute Gasteiger partial charge is 0.370 e. The van der Waals surface area contributed by atoms with Gasteiger partial charge < -0.3 is 5.32 Å². The van der Waals surface area contributed by atoms with Crippen LogP contribution < -0.4 is 5.32 Å². The Morgan fingerprint density at radius 1 is 1.24 bits per heavy atom. The van der Waals surface area contributed by atoms with Crippen LogP contribution in [0.5, 0.6) is 0 Å². The maximum absolute atomic E-state index is 4.72. The van der Waals surface area contributed by atoms with Crippen LogP contribution in [0, 0.1) is 6.92 Å². The fourth-order valence-electron chi connectivity index (χ4n) is 2.28. The van der Waals surface area contributed by atoms with Gasteiger partial charge in [-0.25, -0.2) is 9.97 Å². The van der Waals surface area contributed by atoms with Crippen LogP contribution in [0.4, 0.5) is 5.82 Å². The van der Waals surface area contributed by atoms with Crippen LogP contribution in [0.2, 0.25) is 0 Å². The second-order valence-electron chi connectivity index (χ2n) is 4.86. The first-order chi connectivity index (χ1) is 10.2. The van der Waals surface area contributed by atoms with Gasteiger partial charge in [0.2, 0.25) is 0 Å². The van der Waals surface area contributed by atoms with E-state index in [4.69, 9.17) is 9.97 Å². The molecule has 0 aliphatic rings. The van der Waals surface area contributed by atoms with Crippen LogP contribution in [0.3, 0.4) is 0 Å². The summed E-state index contributed by atoms with van der Waals surface area (Å²) in [7, 11) is 0. The Labute approximate surface area is 136 Å². The van der Waals surface area contributed by atoms with Crippen molar-refractivity contribution in [2.45, 2.75) is 20.3 Å². The molecule has 0 aliphatic heterocycles. The number of hydrogen-bond donors (Lipinski definition) is 1. The van der Waals surface area contributed by atoms with Crippen molar-refractivity contribution in [1.29, 1.82) is 0 Å². The molecule has 0 fully saturated rings. The molecule has 5 heteroatoms. The Kier molecular flexibility index (Phi) is 4.22. The first-order valence-corrected chi connectivity index (χ1v) is 8.52. The summed E-state index contributed by atoms with van der Waals surface area (Å²) in [4.78, 5) is 11.7. The second-order valence-corrected chi connectivity index (χ2v) is 6.95. The molecule has 0 atom stereocenters. The summed E-state index contributed by atoms with van der Waals surface area (Å²) in [5.74, 6) is 1.79. The molecule has 3 rings (SSSR count). The molecule has 0 saturated carbocycles. The van der Waals surface area contributed by atoms with Gasteiger partial charge in [-0.2, -0.15) is 0 Å². The zero-order valence-corrected chi connectivity index (χ0v) is 14.4. The Bertz CT molecular complexity index is 782. The van der Waals surface area contributed by atoms with E-state index in [1.54, 1.807) is 11.3 Å². The second kappa shape index (κ2) is 6.12. The van der Waals surface area contributed by atoms with E-state index >= 15 is 0 Å². The zero-order chi connectivity index (χ0) is 14.8. The van der Waals surface area contributed by atoms with Gasteiger partial charge in [0.1, 0.15) is 16.5 Å². The first-order valence-electron chi connectivity index (χ1n) is 6.91. The number of thiophene rings is 1. The van der Waals surface area contributed by atoms with Crippen molar-refractivity contribution in [2.24, 2.45) is 0 Å². The zero-order valence-electron chi connectivity index (χ0n) is 12.0. The molecular formula is C16H16BrN3S. The Morgan fingerprint density at radius 2 is 2.05 bits per heavy atom. The Balaban J connectivity index is 2.04. The summed E-state index contributed by atoms with van der Waals surface area (Å²) < 4.78 is 1.10. The molecule has 2 aromatic heterocycles. The number of fused-ring (bicyclic) bond motifs is 1. The average Bonchev–Trinajstić information content (AvgIpc) is 2.82. The van der Waals surface area contributed by atoms with E-state index in [1.807, 2.05) is 18.2 Å². The predicted octanol–water partition coefficient (Wildman–Crippen LogP) is 4.78. The summed E-state index contributed by atoms with van der Waals surface area (Å²) in [6, 6.07) is 10.4. The molecule has 3 aromatic rings. The van der Waals surface area contributed by atoms with E-state index in [0.717, 1.165) is 39.3 Å². The number of anilines is 1. The highest BCUT2D eigenvalue weighted by molar-refractivity contribution is 9.10. The van der Waals surface area contributed by atoms with Crippen LogP contribution in [0.15, 0.2) is 34.8 Å². The lowest BCUT2D eigenvalue weighted by Crippen LogP contribution is -2.04. The molecule has 0 unspecified atom stereocenters. The molecule has 0 amide bonds. The lowest BCUT2D eigenvalue weighted by atomic mass is 10.1. The maximum atomic E-state index is 4.72. The van der Waals surface area contributed by atoms with Gasteiger partial charge in [-0.05, 0) is 31.5 Å². The molecule has 108 valence electrons. The lowest BCUT2D eigenvalue weighted by molar-refractivity contribution is 0.986. The van der Waals surface area contributed by atoms with Crippen LogP contribution in [-0.2, 0) is 6.42 Å². The fraction of sp³-hybridized carbons (Fsp3) is 0.250. The molecule has 0 radical (unpaired) electrons. The van der Waals surface area contributed by atoms with Gasteiger partial charge in [0.05, 0.1) is 5.39 Å². The van der Waals surface area contributed by atoms with Gasteiger partial charge >= 0.3 is 0 Å². The number of nitrogens with one attached hydrogen (secondary N) is 1. The van der Waals surface area contributed by atoms with E-state index < -0.39 is 0 Å². The van der Waals surface area contributed by atoms with Crippen molar-refractivity contribution in [1.82, 2.24) is 9.97 Å². The van der Waals surface area contributed by atoms with E-state index in [-0.39, 0.29) is 0 Å². The SMILES string of the molecule is CCNc1nc(Cc2ccccc2Br)nc2sc(C)cc12. The topological polar surface area (TPSA) is 37.8 Å². The number of rotatable bonds is 4. The molecule has 0 aliphatic carbocycles. The molecule has 1 aromatic carbocycles. The highest BCUT2D eigenvalue weighted by atomic mass is 79.9. The summed E-state index contributed by atoms with van der Waals surface area (Å²) in [6.45, 7) is 5.05. The van der Waals surface area contributed by atoms with Crippen molar-refractivity contribution in [2.75, 3.05) is 11.9 Å². The number of halogens is 1. The number of nitrogens with zero attached hydrogens (tertiary/aromatic N) is 2. The van der Waals surface area contributed by atoms with Gasteiger partial charge in [0, 0.05) is 22.3 Å². The molecule has 0 saturated heterocycles. The summed E-state index contributed by atoms with van der Waals surface area (Å²) in [5, 5.41) is 4.47. The maximum Gasteiger partial charge on any atom is 0.138 e. The first kappa shape index (κ1) is 14.5. The van der Waals surface area contributed by atoms with Gasteiger partial charge in [0.25, 0.3) is 0 Å². The van der Waals surface area contributed by atoms with E-state index in [1.165, 1.54) is 10.4 Å². The summed E-state index contributed by atoms with van der Waals surface area (Å²) in [5.41, 5.74) is 1.20. The highest BCUT2D eigenvalue weighted by Gasteiger charge is 2.11. The molecule has 3 nitrogen and oxygen atoms in total.